The second-order valence-corrected chi connectivity index (χ2v) is 8.38. The number of rotatable bonds is 8. The predicted octanol–water partition coefficient (Wildman–Crippen LogP) is 4.75. The molecule has 0 amide bonds. The zero-order valence-corrected chi connectivity index (χ0v) is 18.4. The van der Waals surface area contributed by atoms with Gasteiger partial charge in [-0.05, 0) is 40.7 Å². The van der Waals surface area contributed by atoms with Crippen LogP contribution in [0.1, 0.15) is 62.0 Å². The monoisotopic (exact) mass is 400 g/mol. The number of benzene rings is 2. The molecule has 0 aromatic heterocycles. The van der Waals surface area contributed by atoms with E-state index in [2.05, 4.69) is 34.6 Å². The Hall–Kier alpha value is -2.53. The van der Waals surface area contributed by atoms with Crippen molar-refractivity contribution in [1.29, 1.82) is 0 Å². The van der Waals surface area contributed by atoms with E-state index in [4.69, 9.17) is 14.2 Å². The van der Waals surface area contributed by atoms with E-state index in [1.54, 1.807) is 32.4 Å². The average molecular weight is 401 g/mol. The molecule has 0 fully saturated rings. The lowest BCUT2D eigenvalue weighted by Gasteiger charge is -2.23. The maximum Gasteiger partial charge on any atom is 0.205 e. The molecule has 0 saturated heterocycles. The summed E-state index contributed by atoms with van der Waals surface area (Å²) in [4.78, 5) is 13.0. The van der Waals surface area contributed by atoms with Crippen molar-refractivity contribution in [1.82, 2.24) is 0 Å². The Labute approximate surface area is 173 Å². The van der Waals surface area contributed by atoms with Crippen molar-refractivity contribution in [3.05, 3.63) is 53.1 Å². The number of aliphatic hydroxyl groups is 1. The smallest absolute Gasteiger partial charge is 0.205 e. The normalized spacial score (nSPS) is 12.6. The van der Waals surface area contributed by atoms with Crippen LogP contribution in [0, 0.1) is 0 Å². The lowest BCUT2D eigenvalue weighted by Crippen LogP contribution is -2.31. The van der Waals surface area contributed by atoms with Gasteiger partial charge in [-0.2, -0.15) is 0 Å². The molecule has 158 valence electrons. The van der Waals surface area contributed by atoms with Crippen molar-refractivity contribution in [3.8, 4) is 17.2 Å². The SMILES string of the molecule is COc1cc(C(C)(C)C)ccc1OC(CO)C(=O)c1ccc(C(C)C)c(OC)c1. The van der Waals surface area contributed by atoms with Gasteiger partial charge in [0.25, 0.3) is 0 Å². The molecule has 2 aromatic carbocycles. The van der Waals surface area contributed by atoms with E-state index in [0.29, 0.717) is 22.8 Å². The van der Waals surface area contributed by atoms with E-state index in [0.717, 1.165) is 11.1 Å². The van der Waals surface area contributed by atoms with E-state index in [-0.39, 0.29) is 17.1 Å². The van der Waals surface area contributed by atoms with Crippen LogP contribution in [0.3, 0.4) is 0 Å². The quantitative estimate of drug-likeness (QED) is 0.648. The lowest BCUT2D eigenvalue weighted by molar-refractivity contribution is 0.0651. The summed E-state index contributed by atoms with van der Waals surface area (Å²) in [6.07, 6.45) is -1.04. The molecule has 0 saturated carbocycles. The third-order valence-corrected chi connectivity index (χ3v) is 4.90. The van der Waals surface area contributed by atoms with E-state index in [1.807, 2.05) is 18.2 Å². The van der Waals surface area contributed by atoms with Crippen molar-refractivity contribution >= 4 is 5.78 Å². The molecule has 0 radical (unpaired) electrons. The van der Waals surface area contributed by atoms with Gasteiger partial charge in [0.15, 0.2) is 17.6 Å². The van der Waals surface area contributed by atoms with Gasteiger partial charge in [0.05, 0.1) is 20.8 Å². The van der Waals surface area contributed by atoms with E-state index < -0.39 is 12.7 Å². The van der Waals surface area contributed by atoms with Crippen LogP contribution in [-0.2, 0) is 5.41 Å². The Morgan fingerprint density at radius 1 is 0.966 bits per heavy atom. The Balaban J connectivity index is 2.31. The fourth-order valence-corrected chi connectivity index (χ4v) is 3.09. The standard InChI is InChI=1S/C24H32O5/c1-15(2)18-10-8-16(12-20(18)27-6)23(26)22(14-25)29-19-11-9-17(24(3,4)5)13-21(19)28-7/h8-13,15,22,25H,14H2,1-7H3. The topological polar surface area (TPSA) is 65.0 Å². The van der Waals surface area contributed by atoms with Crippen molar-refractivity contribution < 1.29 is 24.1 Å². The number of methoxy groups -OCH3 is 2. The van der Waals surface area contributed by atoms with Gasteiger partial charge in [-0.15, -0.1) is 0 Å². The molecule has 5 nitrogen and oxygen atoms in total. The highest BCUT2D eigenvalue weighted by Crippen LogP contribution is 2.34. The van der Waals surface area contributed by atoms with Crippen molar-refractivity contribution in [2.45, 2.75) is 52.1 Å². The first-order valence-electron chi connectivity index (χ1n) is 9.80. The van der Waals surface area contributed by atoms with Crippen LogP contribution in [0.5, 0.6) is 17.2 Å². The van der Waals surface area contributed by atoms with E-state index in [1.165, 1.54) is 0 Å². The second-order valence-electron chi connectivity index (χ2n) is 8.38. The predicted molar refractivity (Wildman–Crippen MR) is 115 cm³/mol. The Morgan fingerprint density at radius 2 is 1.62 bits per heavy atom. The molecule has 1 N–H and O–H groups in total. The molecule has 0 aliphatic carbocycles. The zero-order valence-electron chi connectivity index (χ0n) is 18.4. The maximum atomic E-state index is 13.0. The molecule has 0 bridgehead atoms. The fraction of sp³-hybridized carbons (Fsp3) is 0.458. The third kappa shape index (κ3) is 5.30. The number of carbonyl (C=O) groups excluding carboxylic acids is 1. The van der Waals surface area contributed by atoms with Crippen LogP contribution in [0.25, 0.3) is 0 Å². The Bertz CT molecular complexity index is 849. The van der Waals surface area contributed by atoms with Gasteiger partial charge in [-0.3, -0.25) is 4.79 Å². The average Bonchev–Trinajstić information content (AvgIpc) is 2.69. The number of Topliss-reactive ketones (excluding diaryl/α,β-unsaturated/α-hetero) is 1. The first kappa shape index (κ1) is 22.8. The van der Waals surface area contributed by atoms with Crippen LogP contribution in [-0.4, -0.2) is 37.8 Å². The molecule has 1 unspecified atom stereocenters. The van der Waals surface area contributed by atoms with Crippen LogP contribution >= 0.6 is 0 Å². The number of carbonyl (C=O) groups is 1. The minimum atomic E-state index is -1.04. The zero-order chi connectivity index (χ0) is 21.8. The van der Waals surface area contributed by atoms with Gasteiger partial charge in [-0.1, -0.05) is 52.8 Å². The second kappa shape index (κ2) is 9.31. The largest absolute Gasteiger partial charge is 0.496 e. The molecule has 0 aliphatic rings. The molecule has 2 aromatic rings. The molecule has 0 aliphatic heterocycles. The molecule has 1 atom stereocenters. The molecule has 0 spiro atoms. The minimum absolute atomic E-state index is 0.0489. The van der Waals surface area contributed by atoms with Gasteiger partial charge < -0.3 is 19.3 Å². The highest BCUT2D eigenvalue weighted by atomic mass is 16.5. The Kier molecular flexibility index (Phi) is 7.31. The Morgan fingerprint density at radius 3 is 2.14 bits per heavy atom. The summed E-state index contributed by atoms with van der Waals surface area (Å²) >= 11 is 0. The van der Waals surface area contributed by atoms with E-state index >= 15 is 0 Å². The summed E-state index contributed by atoms with van der Waals surface area (Å²) in [5.41, 5.74) is 2.48. The summed E-state index contributed by atoms with van der Waals surface area (Å²) in [6, 6.07) is 10.9. The molecular weight excluding hydrogens is 368 g/mol. The van der Waals surface area contributed by atoms with Gasteiger partial charge in [0, 0.05) is 5.56 Å². The van der Waals surface area contributed by atoms with Gasteiger partial charge in [0.2, 0.25) is 5.78 Å². The highest BCUT2D eigenvalue weighted by Gasteiger charge is 2.25. The van der Waals surface area contributed by atoms with Gasteiger partial charge in [-0.25, -0.2) is 0 Å². The summed E-state index contributed by atoms with van der Waals surface area (Å²) in [7, 11) is 3.14. The van der Waals surface area contributed by atoms with Crippen LogP contribution in [0.2, 0.25) is 0 Å². The summed E-state index contributed by atoms with van der Waals surface area (Å²) < 4.78 is 16.7. The number of hydrogen-bond donors (Lipinski definition) is 1. The first-order valence-corrected chi connectivity index (χ1v) is 9.80. The summed E-state index contributed by atoms with van der Waals surface area (Å²) in [5.74, 6) is 1.54. The fourth-order valence-electron chi connectivity index (χ4n) is 3.09. The van der Waals surface area contributed by atoms with Gasteiger partial charge in [0.1, 0.15) is 5.75 Å². The highest BCUT2D eigenvalue weighted by molar-refractivity contribution is 6.00. The van der Waals surface area contributed by atoms with E-state index in [9.17, 15) is 9.90 Å². The van der Waals surface area contributed by atoms with Crippen LogP contribution in [0.15, 0.2) is 36.4 Å². The lowest BCUT2D eigenvalue weighted by atomic mass is 9.87. The molecular formula is C24H32O5. The van der Waals surface area contributed by atoms with Crippen molar-refractivity contribution in [2.24, 2.45) is 0 Å². The number of ketones is 1. The number of hydrogen-bond acceptors (Lipinski definition) is 5. The molecule has 29 heavy (non-hydrogen) atoms. The molecule has 0 heterocycles. The maximum absolute atomic E-state index is 13.0. The molecule has 5 heteroatoms. The van der Waals surface area contributed by atoms with Crippen molar-refractivity contribution in [3.63, 3.8) is 0 Å². The molecule has 2 rings (SSSR count). The summed E-state index contributed by atoms with van der Waals surface area (Å²) in [6.45, 7) is 10.00. The number of ether oxygens (including phenoxy) is 3. The number of aliphatic hydroxyl groups excluding tert-OH is 1. The van der Waals surface area contributed by atoms with Crippen LogP contribution < -0.4 is 14.2 Å². The van der Waals surface area contributed by atoms with Gasteiger partial charge >= 0.3 is 0 Å². The third-order valence-electron chi connectivity index (χ3n) is 4.90. The first-order chi connectivity index (χ1) is 13.6. The minimum Gasteiger partial charge on any atom is -0.496 e. The van der Waals surface area contributed by atoms with Crippen molar-refractivity contribution in [2.75, 3.05) is 20.8 Å². The van der Waals surface area contributed by atoms with Crippen LogP contribution in [0.4, 0.5) is 0 Å². The summed E-state index contributed by atoms with van der Waals surface area (Å²) in [5, 5.41) is 9.82.